The van der Waals surface area contributed by atoms with E-state index in [1.165, 1.54) is 38.4 Å². The van der Waals surface area contributed by atoms with Gasteiger partial charge in [0.2, 0.25) is 0 Å². The van der Waals surface area contributed by atoms with Gasteiger partial charge in [-0.1, -0.05) is 19.8 Å². The molecular weight excluding hydrogens is 401 g/mol. The summed E-state index contributed by atoms with van der Waals surface area (Å²) in [4.78, 5) is 4.66. The Kier molecular flexibility index (Phi) is 9.84. The molecule has 0 aromatic heterocycles. The summed E-state index contributed by atoms with van der Waals surface area (Å²) in [6.07, 6.45) is 7.55. The summed E-state index contributed by atoms with van der Waals surface area (Å²) in [5.41, 5.74) is 0.360. The monoisotopic (exact) mass is 431 g/mol. The Morgan fingerprint density at radius 2 is 1.81 bits per heavy atom. The first-order chi connectivity index (χ1) is 9.41. The van der Waals surface area contributed by atoms with E-state index in [9.17, 15) is 8.42 Å². The van der Waals surface area contributed by atoms with Crippen LogP contribution in [-0.4, -0.2) is 46.0 Å². The second-order valence-corrected chi connectivity index (χ2v) is 8.07. The van der Waals surface area contributed by atoms with Gasteiger partial charge in [-0.25, -0.2) is 8.42 Å². The fourth-order valence-electron chi connectivity index (χ4n) is 2.69. The van der Waals surface area contributed by atoms with Crippen molar-refractivity contribution in [1.82, 2.24) is 10.6 Å². The second-order valence-electron chi connectivity index (χ2n) is 5.81. The summed E-state index contributed by atoms with van der Waals surface area (Å²) in [5, 5.41) is 6.28. The van der Waals surface area contributed by atoms with E-state index in [-0.39, 0.29) is 29.7 Å². The van der Waals surface area contributed by atoms with Gasteiger partial charge in [-0.2, -0.15) is 0 Å². The molecule has 21 heavy (non-hydrogen) atoms. The lowest BCUT2D eigenvalue weighted by Gasteiger charge is -2.25. The van der Waals surface area contributed by atoms with Gasteiger partial charge in [-0.15, -0.1) is 24.0 Å². The minimum absolute atomic E-state index is 0. The highest BCUT2D eigenvalue weighted by Crippen LogP contribution is 2.41. The van der Waals surface area contributed by atoms with Crippen LogP contribution in [0.25, 0.3) is 0 Å². The smallest absolute Gasteiger partial charge is 0.191 e. The molecule has 0 atom stereocenters. The molecule has 126 valence electrons. The van der Waals surface area contributed by atoms with Crippen molar-refractivity contribution < 1.29 is 8.42 Å². The summed E-state index contributed by atoms with van der Waals surface area (Å²) in [5.74, 6) is 0.868. The highest BCUT2D eigenvalue weighted by atomic mass is 127. The standard InChI is InChI=1S/C14H29N3O2S.HI/c1-4-14(8-6-7-9-14)12-17-13(15-5-2)16-10-11-20(3,18)19;/h4-12H2,1-3H3,(H2,15,16,17);1H. The van der Waals surface area contributed by atoms with E-state index in [0.717, 1.165) is 19.0 Å². The van der Waals surface area contributed by atoms with Crippen LogP contribution in [0.1, 0.15) is 46.0 Å². The SMILES string of the molecule is CCNC(=NCC1(CC)CCCC1)NCCS(C)(=O)=O.I. The Bertz CT molecular complexity index is 418. The quantitative estimate of drug-likeness (QED) is 0.368. The van der Waals surface area contributed by atoms with Gasteiger partial charge in [0.05, 0.1) is 5.75 Å². The Morgan fingerprint density at radius 3 is 2.29 bits per heavy atom. The van der Waals surface area contributed by atoms with Crippen LogP contribution in [0, 0.1) is 5.41 Å². The number of guanidine groups is 1. The van der Waals surface area contributed by atoms with Crippen LogP contribution in [0.5, 0.6) is 0 Å². The predicted octanol–water partition coefficient (Wildman–Crippen LogP) is 2.17. The maximum Gasteiger partial charge on any atom is 0.191 e. The molecule has 0 saturated heterocycles. The van der Waals surface area contributed by atoms with Crippen LogP contribution in [0.15, 0.2) is 4.99 Å². The molecule has 0 spiro atoms. The third-order valence-corrected chi connectivity index (χ3v) is 5.04. The minimum atomic E-state index is -2.93. The van der Waals surface area contributed by atoms with Crippen LogP contribution in [0.3, 0.4) is 0 Å². The summed E-state index contributed by atoms with van der Waals surface area (Å²) in [6, 6.07) is 0. The number of rotatable bonds is 7. The van der Waals surface area contributed by atoms with E-state index in [1.54, 1.807) is 0 Å². The van der Waals surface area contributed by atoms with Crippen molar-refractivity contribution in [2.24, 2.45) is 10.4 Å². The van der Waals surface area contributed by atoms with E-state index >= 15 is 0 Å². The zero-order valence-corrected chi connectivity index (χ0v) is 16.6. The highest BCUT2D eigenvalue weighted by molar-refractivity contribution is 14.0. The van der Waals surface area contributed by atoms with E-state index < -0.39 is 9.84 Å². The number of aliphatic imine (C=N–C) groups is 1. The van der Waals surface area contributed by atoms with Gasteiger partial charge < -0.3 is 10.6 Å². The first-order valence-electron chi connectivity index (χ1n) is 7.61. The van der Waals surface area contributed by atoms with Crippen molar-refractivity contribution in [1.29, 1.82) is 0 Å². The molecule has 5 nitrogen and oxygen atoms in total. The number of nitrogens with one attached hydrogen (secondary N) is 2. The van der Waals surface area contributed by atoms with Gasteiger partial charge in [-0.3, -0.25) is 4.99 Å². The maximum absolute atomic E-state index is 11.1. The summed E-state index contributed by atoms with van der Waals surface area (Å²) in [7, 11) is -2.93. The van der Waals surface area contributed by atoms with E-state index in [2.05, 4.69) is 22.5 Å². The minimum Gasteiger partial charge on any atom is -0.357 e. The van der Waals surface area contributed by atoms with Gasteiger partial charge in [-0.05, 0) is 31.6 Å². The van der Waals surface area contributed by atoms with Crippen molar-refractivity contribution in [3.05, 3.63) is 0 Å². The molecular formula is C14H30IN3O2S. The normalized spacial score (nSPS) is 18.1. The molecule has 1 saturated carbocycles. The Labute approximate surface area is 146 Å². The lowest BCUT2D eigenvalue weighted by atomic mass is 9.84. The molecule has 0 amide bonds. The molecule has 0 aromatic rings. The molecule has 0 heterocycles. The molecule has 0 radical (unpaired) electrons. The zero-order chi connectivity index (χ0) is 15.1. The van der Waals surface area contributed by atoms with Crippen molar-refractivity contribution in [2.75, 3.05) is 31.6 Å². The van der Waals surface area contributed by atoms with Gasteiger partial charge in [0.1, 0.15) is 9.84 Å². The molecule has 2 N–H and O–H groups in total. The van der Waals surface area contributed by atoms with Crippen LogP contribution < -0.4 is 10.6 Å². The summed E-state index contributed by atoms with van der Waals surface area (Å²) < 4.78 is 22.3. The highest BCUT2D eigenvalue weighted by Gasteiger charge is 2.31. The second kappa shape index (κ2) is 9.86. The van der Waals surface area contributed by atoms with Crippen LogP contribution in [-0.2, 0) is 9.84 Å². The largest absolute Gasteiger partial charge is 0.357 e. The fraction of sp³-hybridized carbons (Fsp3) is 0.929. The van der Waals surface area contributed by atoms with Crippen molar-refractivity contribution in [3.8, 4) is 0 Å². The summed E-state index contributed by atoms with van der Waals surface area (Å²) >= 11 is 0. The average Bonchev–Trinajstić information content (AvgIpc) is 2.84. The maximum atomic E-state index is 11.1. The third-order valence-electron chi connectivity index (χ3n) is 4.10. The lowest BCUT2D eigenvalue weighted by molar-refractivity contribution is 0.297. The van der Waals surface area contributed by atoms with Crippen LogP contribution in [0.4, 0.5) is 0 Å². The molecule has 0 bridgehead atoms. The number of nitrogens with zero attached hydrogens (tertiary/aromatic N) is 1. The van der Waals surface area contributed by atoms with Crippen molar-refractivity contribution >= 4 is 39.8 Å². The molecule has 0 unspecified atom stereocenters. The molecule has 7 heteroatoms. The lowest BCUT2D eigenvalue weighted by Crippen LogP contribution is -2.40. The van der Waals surface area contributed by atoms with Crippen molar-refractivity contribution in [2.45, 2.75) is 46.0 Å². The molecule has 1 aliphatic carbocycles. The number of sulfone groups is 1. The van der Waals surface area contributed by atoms with Crippen molar-refractivity contribution in [3.63, 3.8) is 0 Å². The number of hydrogen-bond donors (Lipinski definition) is 2. The molecule has 0 aromatic carbocycles. The van der Waals surface area contributed by atoms with E-state index in [0.29, 0.717) is 12.0 Å². The number of hydrogen-bond acceptors (Lipinski definition) is 3. The third kappa shape index (κ3) is 8.23. The molecule has 1 rings (SSSR count). The average molecular weight is 431 g/mol. The Morgan fingerprint density at radius 1 is 1.19 bits per heavy atom. The molecule has 0 aliphatic heterocycles. The van der Waals surface area contributed by atoms with E-state index in [4.69, 9.17) is 0 Å². The van der Waals surface area contributed by atoms with Gasteiger partial charge in [0, 0.05) is 25.9 Å². The van der Waals surface area contributed by atoms with Gasteiger partial charge in [0.25, 0.3) is 0 Å². The predicted molar refractivity (Wildman–Crippen MR) is 100 cm³/mol. The Balaban J connectivity index is 0.00000400. The zero-order valence-electron chi connectivity index (χ0n) is 13.4. The molecule has 1 aliphatic rings. The van der Waals surface area contributed by atoms with Gasteiger partial charge in [0.15, 0.2) is 5.96 Å². The number of halogens is 1. The molecule has 1 fully saturated rings. The van der Waals surface area contributed by atoms with Crippen LogP contribution in [0.2, 0.25) is 0 Å². The van der Waals surface area contributed by atoms with Gasteiger partial charge >= 0.3 is 0 Å². The fourth-order valence-corrected chi connectivity index (χ4v) is 3.16. The summed E-state index contributed by atoms with van der Waals surface area (Å²) in [6.45, 7) is 6.27. The van der Waals surface area contributed by atoms with E-state index in [1.807, 2.05) is 6.92 Å². The Hall–Kier alpha value is -0.0500. The van der Waals surface area contributed by atoms with Crippen LogP contribution >= 0.6 is 24.0 Å². The first kappa shape index (κ1) is 20.9. The first-order valence-corrected chi connectivity index (χ1v) is 9.67. The topological polar surface area (TPSA) is 70.6 Å².